The van der Waals surface area contributed by atoms with Gasteiger partial charge in [0.25, 0.3) is 5.91 Å². The van der Waals surface area contributed by atoms with Crippen LogP contribution >= 0.6 is 0 Å². The van der Waals surface area contributed by atoms with Crippen molar-refractivity contribution in [2.45, 2.75) is 19.6 Å². The number of ether oxygens (including phenoxy) is 1. The van der Waals surface area contributed by atoms with Crippen molar-refractivity contribution in [2.24, 2.45) is 0 Å². The second kappa shape index (κ2) is 6.58. The minimum atomic E-state index is -2.89. The molecule has 1 aromatic carbocycles. The van der Waals surface area contributed by atoms with Crippen molar-refractivity contribution in [1.29, 1.82) is 0 Å². The molecule has 4 rings (SSSR count). The minimum Gasteiger partial charge on any atom is -0.435 e. The monoisotopic (exact) mass is 359 g/mol. The van der Waals surface area contributed by atoms with E-state index >= 15 is 0 Å². The molecule has 0 bridgehead atoms. The molecule has 0 unspecified atom stereocenters. The normalized spacial score (nSPS) is 13.7. The van der Waals surface area contributed by atoms with E-state index in [1.54, 1.807) is 17.3 Å². The summed E-state index contributed by atoms with van der Waals surface area (Å²) in [7, 11) is 0. The molecule has 1 aliphatic rings. The van der Waals surface area contributed by atoms with Crippen LogP contribution in [0.4, 0.5) is 8.78 Å². The Morgan fingerprint density at radius 2 is 2.08 bits per heavy atom. The van der Waals surface area contributed by atoms with E-state index in [2.05, 4.69) is 24.9 Å². The first-order valence-corrected chi connectivity index (χ1v) is 8.01. The molecule has 0 saturated carbocycles. The number of halogens is 2. The number of carbonyl (C=O) groups is 1. The molecule has 0 spiro atoms. The standard InChI is InChI=1S/C17H15F2N5O2/c18-17(19)26-12-3-1-10(2-4-12)16(25)24-6-5-13-14(9-24)23-15(22-13)11-7-20-21-8-11/h1-4,7-8,17H,5-6,9H2,(H,20,21)(H,22,23). The van der Waals surface area contributed by atoms with Gasteiger partial charge in [0.15, 0.2) is 0 Å². The average molecular weight is 359 g/mol. The first kappa shape index (κ1) is 16.2. The van der Waals surface area contributed by atoms with Crippen molar-refractivity contribution < 1.29 is 18.3 Å². The highest BCUT2D eigenvalue weighted by Crippen LogP contribution is 2.23. The number of benzene rings is 1. The zero-order chi connectivity index (χ0) is 18.1. The number of rotatable bonds is 4. The quantitative estimate of drug-likeness (QED) is 0.750. The third-order valence-corrected chi connectivity index (χ3v) is 4.22. The fourth-order valence-electron chi connectivity index (χ4n) is 2.95. The van der Waals surface area contributed by atoms with E-state index in [1.165, 1.54) is 24.3 Å². The molecule has 0 fully saturated rings. The van der Waals surface area contributed by atoms with Crippen LogP contribution in [0.15, 0.2) is 36.7 Å². The number of nitrogens with one attached hydrogen (secondary N) is 2. The number of imidazole rings is 1. The zero-order valence-electron chi connectivity index (χ0n) is 13.6. The van der Waals surface area contributed by atoms with Gasteiger partial charge in [0.2, 0.25) is 0 Å². The van der Waals surface area contributed by atoms with E-state index in [1.807, 2.05) is 0 Å². The van der Waals surface area contributed by atoms with Gasteiger partial charge in [0.1, 0.15) is 11.6 Å². The molecular weight excluding hydrogens is 344 g/mol. The zero-order valence-corrected chi connectivity index (χ0v) is 13.6. The average Bonchev–Trinajstić information content (AvgIpc) is 3.30. The Morgan fingerprint density at radius 1 is 1.27 bits per heavy atom. The van der Waals surface area contributed by atoms with Gasteiger partial charge in [-0.1, -0.05) is 0 Å². The summed E-state index contributed by atoms with van der Waals surface area (Å²) in [5.41, 5.74) is 3.10. The number of carbonyl (C=O) groups excluding carboxylic acids is 1. The first-order valence-electron chi connectivity index (χ1n) is 8.01. The summed E-state index contributed by atoms with van der Waals surface area (Å²) in [6, 6.07) is 5.70. The van der Waals surface area contributed by atoms with Crippen LogP contribution < -0.4 is 4.74 Å². The van der Waals surface area contributed by atoms with E-state index in [4.69, 9.17) is 0 Å². The summed E-state index contributed by atoms with van der Waals surface area (Å²) in [6.07, 6.45) is 4.06. The predicted octanol–water partition coefficient (Wildman–Crippen LogP) is 2.60. The minimum absolute atomic E-state index is 0.0239. The van der Waals surface area contributed by atoms with Crippen LogP contribution in [0.5, 0.6) is 5.75 Å². The Hall–Kier alpha value is -3.23. The number of hydrogen-bond acceptors (Lipinski definition) is 4. The summed E-state index contributed by atoms with van der Waals surface area (Å²) >= 11 is 0. The fourth-order valence-corrected chi connectivity index (χ4v) is 2.95. The molecule has 3 heterocycles. The molecule has 26 heavy (non-hydrogen) atoms. The molecule has 2 N–H and O–H groups in total. The lowest BCUT2D eigenvalue weighted by Gasteiger charge is -2.26. The highest BCUT2D eigenvalue weighted by atomic mass is 19.3. The Bertz CT molecular complexity index is 906. The summed E-state index contributed by atoms with van der Waals surface area (Å²) in [4.78, 5) is 22.2. The third kappa shape index (κ3) is 3.15. The van der Waals surface area contributed by atoms with Crippen LogP contribution in [0.2, 0.25) is 0 Å². The van der Waals surface area contributed by atoms with Gasteiger partial charge in [0, 0.05) is 24.7 Å². The SMILES string of the molecule is O=C(c1ccc(OC(F)F)cc1)N1CCc2nc(-c3cn[nH]c3)[nH]c2C1. The van der Waals surface area contributed by atoms with E-state index in [0.717, 1.165) is 17.0 Å². The van der Waals surface area contributed by atoms with Crippen molar-refractivity contribution in [3.63, 3.8) is 0 Å². The molecule has 0 saturated heterocycles. The van der Waals surface area contributed by atoms with Gasteiger partial charge < -0.3 is 14.6 Å². The van der Waals surface area contributed by atoms with Crippen molar-refractivity contribution in [3.05, 3.63) is 53.6 Å². The molecule has 0 aliphatic carbocycles. The molecule has 0 radical (unpaired) electrons. The molecule has 9 heteroatoms. The van der Waals surface area contributed by atoms with Crippen LogP contribution in [0.1, 0.15) is 21.7 Å². The summed E-state index contributed by atoms with van der Waals surface area (Å²) < 4.78 is 28.7. The van der Waals surface area contributed by atoms with Gasteiger partial charge in [-0.15, -0.1) is 0 Å². The van der Waals surface area contributed by atoms with Crippen LogP contribution in [0.25, 0.3) is 11.4 Å². The highest BCUT2D eigenvalue weighted by molar-refractivity contribution is 5.94. The molecule has 134 valence electrons. The Morgan fingerprint density at radius 3 is 2.77 bits per heavy atom. The molecule has 2 aromatic heterocycles. The van der Waals surface area contributed by atoms with E-state index in [0.29, 0.717) is 30.9 Å². The smallest absolute Gasteiger partial charge is 0.387 e. The number of fused-ring (bicyclic) bond motifs is 1. The van der Waals surface area contributed by atoms with Crippen molar-refractivity contribution in [2.75, 3.05) is 6.54 Å². The number of aromatic amines is 2. The maximum Gasteiger partial charge on any atom is 0.387 e. The lowest BCUT2D eigenvalue weighted by atomic mass is 10.1. The Balaban J connectivity index is 1.48. The van der Waals surface area contributed by atoms with Crippen LogP contribution in [-0.2, 0) is 13.0 Å². The van der Waals surface area contributed by atoms with Crippen LogP contribution in [0.3, 0.4) is 0 Å². The number of hydrogen-bond donors (Lipinski definition) is 2. The summed E-state index contributed by atoms with van der Waals surface area (Å²) in [6.45, 7) is -1.94. The first-order chi connectivity index (χ1) is 12.6. The maximum atomic E-state index is 12.7. The van der Waals surface area contributed by atoms with Crippen LogP contribution in [0, 0.1) is 0 Å². The molecule has 7 nitrogen and oxygen atoms in total. The van der Waals surface area contributed by atoms with Gasteiger partial charge >= 0.3 is 6.61 Å². The van der Waals surface area contributed by atoms with Crippen molar-refractivity contribution in [3.8, 4) is 17.1 Å². The topological polar surface area (TPSA) is 86.9 Å². The van der Waals surface area contributed by atoms with E-state index in [9.17, 15) is 13.6 Å². The van der Waals surface area contributed by atoms with Gasteiger partial charge in [-0.2, -0.15) is 13.9 Å². The summed E-state index contributed by atoms with van der Waals surface area (Å²) in [5, 5.41) is 6.65. The largest absolute Gasteiger partial charge is 0.435 e. The fraction of sp³-hybridized carbons (Fsp3) is 0.235. The molecular formula is C17H15F2N5O2. The number of aromatic nitrogens is 4. The highest BCUT2D eigenvalue weighted by Gasteiger charge is 2.25. The van der Waals surface area contributed by atoms with Crippen molar-refractivity contribution >= 4 is 5.91 Å². The lowest BCUT2D eigenvalue weighted by molar-refractivity contribution is -0.0498. The van der Waals surface area contributed by atoms with Crippen molar-refractivity contribution in [1.82, 2.24) is 25.1 Å². The number of H-pyrrole nitrogens is 2. The third-order valence-electron chi connectivity index (χ3n) is 4.22. The number of amides is 1. The second-order valence-electron chi connectivity index (χ2n) is 5.88. The molecule has 1 aliphatic heterocycles. The Labute approximate surface area is 147 Å². The van der Waals surface area contributed by atoms with Gasteiger partial charge in [-0.25, -0.2) is 4.98 Å². The van der Waals surface area contributed by atoms with Gasteiger partial charge in [-0.3, -0.25) is 9.89 Å². The summed E-state index contributed by atoms with van der Waals surface area (Å²) in [5.74, 6) is 0.570. The molecule has 3 aromatic rings. The lowest BCUT2D eigenvalue weighted by Crippen LogP contribution is -2.36. The molecule has 0 atom stereocenters. The van der Waals surface area contributed by atoms with Gasteiger partial charge in [0.05, 0.1) is 29.7 Å². The number of nitrogens with zero attached hydrogens (tertiary/aromatic N) is 3. The van der Waals surface area contributed by atoms with Crippen LogP contribution in [-0.4, -0.2) is 44.1 Å². The predicted molar refractivity (Wildman–Crippen MR) is 87.7 cm³/mol. The van der Waals surface area contributed by atoms with E-state index in [-0.39, 0.29) is 11.7 Å². The second-order valence-corrected chi connectivity index (χ2v) is 5.88. The van der Waals surface area contributed by atoms with Gasteiger partial charge in [-0.05, 0) is 24.3 Å². The van der Waals surface area contributed by atoms with E-state index < -0.39 is 6.61 Å². The maximum absolute atomic E-state index is 12.7. The number of alkyl halides is 2. The Kier molecular flexibility index (Phi) is 4.11. The molecule has 1 amide bonds.